The van der Waals surface area contributed by atoms with E-state index in [-0.39, 0.29) is 11.6 Å². The summed E-state index contributed by atoms with van der Waals surface area (Å²) in [4.78, 5) is 16.8. The van der Waals surface area contributed by atoms with Crippen LogP contribution < -0.4 is 10.1 Å². The molecule has 26 heavy (non-hydrogen) atoms. The highest BCUT2D eigenvalue weighted by molar-refractivity contribution is 5.98. The Kier molecular flexibility index (Phi) is 5.48. The van der Waals surface area contributed by atoms with Gasteiger partial charge in [0.15, 0.2) is 5.69 Å². The average molecular weight is 352 g/mol. The maximum absolute atomic E-state index is 12.4. The van der Waals surface area contributed by atoms with Gasteiger partial charge in [-0.15, -0.1) is 0 Å². The molecule has 7 nitrogen and oxygen atoms in total. The van der Waals surface area contributed by atoms with E-state index in [0.29, 0.717) is 24.6 Å². The molecular weight excluding hydrogens is 332 g/mol. The first-order valence-electron chi connectivity index (χ1n) is 8.27. The molecule has 0 fully saturated rings. The minimum atomic E-state index is -0.305. The number of carbonyl (C=O) groups excluding carboxylic acids is 1. The van der Waals surface area contributed by atoms with Gasteiger partial charge in [-0.2, -0.15) is 5.10 Å². The maximum atomic E-state index is 12.4. The Morgan fingerprint density at radius 2 is 2.15 bits per heavy atom. The number of amides is 1. The number of rotatable bonds is 7. The lowest BCUT2D eigenvalue weighted by Crippen LogP contribution is -2.23. The highest BCUT2D eigenvalue weighted by Gasteiger charge is 2.15. The number of aromatic nitrogens is 2. The fourth-order valence-corrected chi connectivity index (χ4v) is 2.36. The molecule has 0 saturated carbocycles. The van der Waals surface area contributed by atoms with Crippen LogP contribution in [0.1, 0.15) is 28.7 Å². The first kappa shape index (κ1) is 17.5. The van der Waals surface area contributed by atoms with Gasteiger partial charge >= 0.3 is 0 Å². The number of ether oxygens (including phenoxy) is 1. The lowest BCUT2D eigenvalue weighted by Gasteiger charge is -2.02. The van der Waals surface area contributed by atoms with Gasteiger partial charge < -0.3 is 14.5 Å². The van der Waals surface area contributed by atoms with Crippen molar-refractivity contribution in [3.05, 3.63) is 65.9 Å². The van der Waals surface area contributed by atoms with Gasteiger partial charge in [-0.05, 0) is 48.9 Å². The standard InChI is InChI=1S/C19H20N4O3/c1-3-25-15-8-6-14(7-9-15)11-20-17-13-23(2)22-18(17)19(24)21-12-16-5-4-10-26-16/h4-11,13H,3,12H2,1-2H3,(H,21,24). The Bertz CT molecular complexity index is 880. The van der Waals surface area contributed by atoms with Crippen LogP contribution in [0.4, 0.5) is 5.69 Å². The van der Waals surface area contributed by atoms with E-state index in [1.807, 2.05) is 31.2 Å². The van der Waals surface area contributed by atoms with Gasteiger partial charge in [-0.25, -0.2) is 0 Å². The Balaban J connectivity index is 1.70. The zero-order valence-electron chi connectivity index (χ0n) is 14.7. The topological polar surface area (TPSA) is 81.6 Å². The molecule has 2 aromatic heterocycles. The predicted molar refractivity (Wildman–Crippen MR) is 98.0 cm³/mol. The van der Waals surface area contributed by atoms with E-state index in [2.05, 4.69) is 15.4 Å². The predicted octanol–water partition coefficient (Wildman–Crippen LogP) is 3.09. The van der Waals surface area contributed by atoms with Crippen LogP contribution in [-0.2, 0) is 13.6 Å². The molecule has 0 saturated heterocycles. The number of hydrogen-bond donors (Lipinski definition) is 1. The summed E-state index contributed by atoms with van der Waals surface area (Å²) in [6, 6.07) is 11.1. The van der Waals surface area contributed by atoms with Gasteiger partial charge in [0.05, 0.1) is 25.6 Å². The molecule has 134 valence electrons. The van der Waals surface area contributed by atoms with Gasteiger partial charge in [0.2, 0.25) is 0 Å². The molecule has 0 aliphatic carbocycles. The molecule has 3 rings (SSSR count). The second-order valence-corrected chi connectivity index (χ2v) is 5.56. The molecule has 1 aromatic carbocycles. The van der Waals surface area contributed by atoms with Crippen molar-refractivity contribution in [1.29, 1.82) is 0 Å². The van der Waals surface area contributed by atoms with Crippen molar-refractivity contribution in [2.75, 3.05) is 6.61 Å². The lowest BCUT2D eigenvalue weighted by atomic mass is 10.2. The van der Waals surface area contributed by atoms with Crippen LogP contribution in [-0.4, -0.2) is 28.5 Å². The monoisotopic (exact) mass is 352 g/mol. The molecule has 0 spiro atoms. The summed E-state index contributed by atoms with van der Waals surface area (Å²) in [6.45, 7) is 2.86. The Morgan fingerprint density at radius 3 is 2.85 bits per heavy atom. The molecule has 1 amide bonds. The minimum Gasteiger partial charge on any atom is -0.494 e. The van der Waals surface area contributed by atoms with Crippen LogP contribution in [0.3, 0.4) is 0 Å². The van der Waals surface area contributed by atoms with Crippen LogP contribution in [0, 0.1) is 0 Å². The molecule has 0 atom stereocenters. The summed E-state index contributed by atoms with van der Waals surface area (Å²) in [5, 5.41) is 6.98. The van der Waals surface area contributed by atoms with Crippen molar-refractivity contribution in [3.63, 3.8) is 0 Å². The van der Waals surface area contributed by atoms with Crippen molar-refractivity contribution >= 4 is 17.8 Å². The number of nitrogens with zero attached hydrogens (tertiary/aromatic N) is 3. The molecule has 0 bridgehead atoms. The van der Waals surface area contributed by atoms with Gasteiger partial charge in [0.1, 0.15) is 17.2 Å². The van der Waals surface area contributed by atoms with Gasteiger partial charge in [0.25, 0.3) is 5.91 Å². The van der Waals surface area contributed by atoms with Gasteiger partial charge in [0, 0.05) is 13.3 Å². The number of hydrogen-bond acceptors (Lipinski definition) is 5. The van der Waals surface area contributed by atoms with Crippen LogP contribution in [0.15, 0.2) is 58.3 Å². The number of aliphatic imine (C=N–C) groups is 1. The quantitative estimate of drug-likeness (QED) is 0.663. The summed E-state index contributed by atoms with van der Waals surface area (Å²) in [5.41, 5.74) is 1.67. The van der Waals surface area contributed by atoms with Crippen molar-refractivity contribution in [2.45, 2.75) is 13.5 Å². The van der Waals surface area contributed by atoms with E-state index >= 15 is 0 Å². The number of furan rings is 1. The molecule has 0 aliphatic rings. The minimum absolute atomic E-state index is 0.265. The molecular formula is C19H20N4O3. The molecule has 2 heterocycles. The van der Waals surface area contributed by atoms with Crippen molar-refractivity contribution in [1.82, 2.24) is 15.1 Å². The zero-order chi connectivity index (χ0) is 18.4. The summed E-state index contributed by atoms with van der Waals surface area (Å²) >= 11 is 0. The van der Waals surface area contributed by atoms with Gasteiger partial charge in [-0.3, -0.25) is 14.5 Å². The summed E-state index contributed by atoms with van der Waals surface area (Å²) < 4.78 is 12.2. The summed E-state index contributed by atoms with van der Waals surface area (Å²) in [5.74, 6) is 1.18. The van der Waals surface area contributed by atoms with Crippen LogP contribution >= 0.6 is 0 Å². The number of carbonyl (C=O) groups is 1. The number of benzene rings is 1. The SMILES string of the molecule is CCOc1ccc(C=Nc2cn(C)nc2C(=O)NCc2ccco2)cc1. The third-order valence-corrected chi connectivity index (χ3v) is 3.57. The first-order valence-corrected chi connectivity index (χ1v) is 8.27. The highest BCUT2D eigenvalue weighted by Crippen LogP contribution is 2.18. The number of aryl methyl sites for hydroxylation is 1. The van der Waals surface area contributed by atoms with Crippen LogP contribution in [0.5, 0.6) is 5.75 Å². The Hall–Kier alpha value is -3.35. The molecule has 0 radical (unpaired) electrons. The highest BCUT2D eigenvalue weighted by atomic mass is 16.5. The van der Waals surface area contributed by atoms with Crippen LogP contribution in [0.2, 0.25) is 0 Å². The normalized spacial score (nSPS) is 11.0. The van der Waals surface area contributed by atoms with E-state index in [0.717, 1.165) is 11.3 Å². The van der Waals surface area contributed by atoms with E-state index in [1.54, 1.807) is 42.5 Å². The lowest BCUT2D eigenvalue weighted by molar-refractivity contribution is 0.0943. The third-order valence-electron chi connectivity index (χ3n) is 3.57. The van der Waals surface area contributed by atoms with E-state index in [1.165, 1.54) is 0 Å². The Morgan fingerprint density at radius 1 is 1.35 bits per heavy atom. The summed E-state index contributed by atoms with van der Waals surface area (Å²) in [7, 11) is 1.75. The molecule has 0 unspecified atom stereocenters. The molecule has 0 aliphatic heterocycles. The van der Waals surface area contributed by atoms with Crippen molar-refractivity contribution in [3.8, 4) is 5.75 Å². The second kappa shape index (κ2) is 8.15. The van der Waals surface area contributed by atoms with Crippen LogP contribution in [0.25, 0.3) is 0 Å². The zero-order valence-corrected chi connectivity index (χ0v) is 14.7. The fourth-order valence-electron chi connectivity index (χ4n) is 2.36. The van der Waals surface area contributed by atoms with Crippen molar-refractivity contribution < 1.29 is 13.9 Å². The molecule has 7 heteroatoms. The maximum Gasteiger partial charge on any atom is 0.274 e. The second-order valence-electron chi connectivity index (χ2n) is 5.56. The van der Waals surface area contributed by atoms with E-state index in [9.17, 15) is 4.79 Å². The Labute approximate surface area is 151 Å². The average Bonchev–Trinajstić information content (AvgIpc) is 3.29. The van der Waals surface area contributed by atoms with E-state index in [4.69, 9.17) is 9.15 Å². The van der Waals surface area contributed by atoms with Gasteiger partial charge in [-0.1, -0.05) is 0 Å². The van der Waals surface area contributed by atoms with Crippen molar-refractivity contribution in [2.24, 2.45) is 12.0 Å². The molecule has 1 N–H and O–H groups in total. The smallest absolute Gasteiger partial charge is 0.274 e. The molecule has 3 aromatic rings. The summed E-state index contributed by atoms with van der Waals surface area (Å²) in [6.07, 6.45) is 4.96. The largest absolute Gasteiger partial charge is 0.494 e. The number of nitrogens with one attached hydrogen (secondary N) is 1. The fraction of sp³-hybridized carbons (Fsp3) is 0.211. The third kappa shape index (κ3) is 4.38. The first-order chi connectivity index (χ1) is 12.7. The van der Waals surface area contributed by atoms with E-state index < -0.39 is 0 Å².